The fourth-order valence-corrected chi connectivity index (χ4v) is 1.62. The summed E-state index contributed by atoms with van der Waals surface area (Å²) in [7, 11) is 0. The summed E-state index contributed by atoms with van der Waals surface area (Å²) in [6.07, 6.45) is 0.196. The number of carbonyl (C=O) groups is 2. The summed E-state index contributed by atoms with van der Waals surface area (Å²) in [5.74, 6) is -1.81. The molecule has 0 saturated carbocycles. The van der Waals surface area contributed by atoms with Gasteiger partial charge in [-0.3, -0.25) is 14.9 Å². The highest BCUT2D eigenvalue weighted by atomic mass is 16.6. The molecular formula is C13H16N2O5. The van der Waals surface area contributed by atoms with E-state index < -0.39 is 22.3 Å². The van der Waals surface area contributed by atoms with E-state index in [9.17, 15) is 19.7 Å². The van der Waals surface area contributed by atoms with Gasteiger partial charge in [-0.05, 0) is 31.9 Å². The number of aryl methyl sites for hydroxylation is 1. The fraction of sp³-hybridized carbons (Fsp3) is 0.385. The molecule has 1 aromatic carbocycles. The minimum absolute atomic E-state index is 0.0672. The summed E-state index contributed by atoms with van der Waals surface area (Å²) in [6.45, 7) is 4.64. The number of hydrogen-bond acceptors (Lipinski definition) is 4. The molecule has 20 heavy (non-hydrogen) atoms. The predicted octanol–water partition coefficient (Wildman–Crippen LogP) is 1.89. The Kier molecular flexibility index (Phi) is 4.44. The van der Waals surface area contributed by atoms with E-state index in [4.69, 9.17) is 5.11 Å². The Morgan fingerprint density at radius 1 is 1.40 bits per heavy atom. The van der Waals surface area contributed by atoms with Crippen molar-refractivity contribution in [3.05, 3.63) is 39.4 Å². The molecule has 0 aliphatic carbocycles. The van der Waals surface area contributed by atoms with E-state index in [-0.39, 0.29) is 17.7 Å². The maximum Gasteiger partial charge on any atom is 0.329 e. The maximum atomic E-state index is 12.1. The topological polar surface area (TPSA) is 110 Å². The Bertz CT molecular complexity index is 570. The lowest BCUT2D eigenvalue weighted by Gasteiger charge is -2.24. The van der Waals surface area contributed by atoms with Gasteiger partial charge in [0.2, 0.25) is 0 Å². The molecule has 0 aromatic heterocycles. The second-order valence-electron chi connectivity index (χ2n) is 4.76. The van der Waals surface area contributed by atoms with Crippen molar-refractivity contribution in [1.29, 1.82) is 0 Å². The van der Waals surface area contributed by atoms with Crippen molar-refractivity contribution in [2.24, 2.45) is 0 Å². The van der Waals surface area contributed by atoms with Crippen LogP contribution in [0.2, 0.25) is 0 Å². The third-order valence-corrected chi connectivity index (χ3v) is 3.10. The van der Waals surface area contributed by atoms with E-state index in [1.165, 1.54) is 19.1 Å². The first kappa shape index (κ1) is 15.6. The Hall–Kier alpha value is -2.44. The third-order valence-electron chi connectivity index (χ3n) is 3.10. The van der Waals surface area contributed by atoms with Gasteiger partial charge in [-0.15, -0.1) is 0 Å². The monoisotopic (exact) mass is 280 g/mol. The number of nitrogens with one attached hydrogen (secondary N) is 1. The van der Waals surface area contributed by atoms with Crippen molar-refractivity contribution in [3.8, 4) is 0 Å². The summed E-state index contributed by atoms with van der Waals surface area (Å²) >= 11 is 0. The average molecular weight is 280 g/mol. The molecule has 0 spiro atoms. The van der Waals surface area contributed by atoms with Crippen LogP contribution >= 0.6 is 0 Å². The first-order valence-electron chi connectivity index (χ1n) is 6.01. The Morgan fingerprint density at radius 3 is 2.45 bits per heavy atom. The van der Waals surface area contributed by atoms with Gasteiger partial charge in [-0.1, -0.05) is 6.92 Å². The standard InChI is InChI=1S/C13H16N2O5/c1-4-13(3,12(17)18)14-11(16)9-5-8(2)6-10(7-9)15(19)20/h5-7H,4H2,1-3H3,(H,14,16)(H,17,18). The van der Waals surface area contributed by atoms with Gasteiger partial charge in [-0.25, -0.2) is 4.79 Å². The number of carboxylic acid groups (broad SMARTS) is 1. The van der Waals surface area contributed by atoms with Crippen LogP contribution in [-0.2, 0) is 4.79 Å². The molecule has 108 valence electrons. The van der Waals surface area contributed by atoms with Crippen molar-refractivity contribution < 1.29 is 19.6 Å². The number of aliphatic carboxylic acids is 1. The van der Waals surface area contributed by atoms with Crippen molar-refractivity contribution in [2.75, 3.05) is 0 Å². The zero-order valence-corrected chi connectivity index (χ0v) is 11.5. The van der Waals surface area contributed by atoms with Crippen LogP contribution in [-0.4, -0.2) is 27.4 Å². The molecule has 0 saturated heterocycles. The van der Waals surface area contributed by atoms with Crippen LogP contribution in [0, 0.1) is 17.0 Å². The molecule has 0 heterocycles. The minimum atomic E-state index is -1.41. The average Bonchev–Trinajstić information content (AvgIpc) is 2.37. The number of non-ortho nitro benzene ring substituents is 1. The molecule has 7 nitrogen and oxygen atoms in total. The number of rotatable bonds is 5. The highest BCUT2D eigenvalue weighted by molar-refractivity contribution is 5.98. The maximum absolute atomic E-state index is 12.1. The first-order chi connectivity index (χ1) is 9.19. The molecule has 1 rings (SSSR count). The number of benzene rings is 1. The van der Waals surface area contributed by atoms with Crippen LogP contribution in [0.25, 0.3) is 0 Å². The number of nitro benzene ring substituents is 1. The van der Waals surface area contributed by atoms with Gasteiger partial charge < -0.3 is 10.4 Å². The minimum Gasteiger partial charge on any atom is -0.480 e. The lowest BCUT2D eigenvalue weighted by atomic mass is 9.98. The number of carbonyl (C=O) groups excluding carboxylic acids is 1. The quantitative estimate of drug-likeness (QED) is 0.632. The number of carboxylic acids is 1. The van der Waals surface area contributed by atoms with Crippen LogP contribution in [0.15, 0.2) is 18.2 Å². The first-order valence-corrected chi connectivity index (χ1v) is 6.01. The van der Waals surface area contributed by atoms with Crippen LogP contribution in [0.3, 0.4) is 0 Å². The molecule has 0 fully saturated rings. The Morgan fingerprint density at radius 2 is 2.00 bits per heavy atom. The molecule has 1 atom stereocenters. The molecule has 1 unspecified atom stereocenters. The second kappa shape index (κ2) is 5.68. The molecule has 1 aromatic rings. The van der Waals surface area contributed by atoms with Crippen molar-refractivity contribution in [1.82, 2.24) is 5.32 Å². The molecule has 2 N–H and O–H groups in total. The smallest absolute Gasteiger partial charge is 0.329 e. The number of nitro groups is 1. The van der Waals surface area contributed by atoms with E-state index in [2.05, 4.69) is 5.32 Å². The summed E-state index contributed by atoms with van der Waals surface area (Å²) in [4.78, 5) is 33.4. The van der Waals surface area contributed by atoms with Gasteiger partial charge in [0.05, 0.1) is 4.92 Å². The lowest BCUT2D eigenvalue weighted by molar-refractivity contribution is -0.384. The van der Waals surface area contributed by atoms with Crippen molar-refractivity contribution in [3.63, 3.8) is 0 Å². The van der Waals surface area contributed by atoms with Crippen LogP contribution < -0.4 is 5.32 Å². The van der Waals surface area contributed by atoms with Gasteiger partial charge in [0.15, 0.2) is 0 Å². The molecule has 0 radical (unpaired) electrons. The van der Waals surface area contributed by atoms with Crippen LogP contribution in [0.5, 0.6) is 0 Å². The number of hydrogen-bond donors (Lipinski definition) is 2. The SMILES string of the molecule is CCC(C)(NC(=O)c1cc(C)cc([N+](=O)[O-])c1)C(=O)O. The summed E-state index contributed by atoms with van der Waals surface area (Å²) in [5, 5.41) is 22.3. The van der Waals surface area contributed by atoms with Gasteiger partial charge in [0, 0.05) is 17.7 Å². The number of nitrogens with zero attached hydrogens (tertiary/aromatic N) is 1. The van der Waals surface area contributed by atoms with E-state index in [0.29, 0.717) is 5.56 Å². The highest BCUT2D eigenvalue weighted by Gasteiger charge is 2.33. The summed E-state index contributed by atoms with van der Waals surface area (Å²) in [6, 6.07) is 3.94. The molecule has 0 aliphatic rings. The lowest BCUT2D eigenvalue weighted by Crippen LogP contribution is -2.51. The Labute approximate surface area is 115 Å². The van der Waals surface area contributed by atoms with Crippen LogP contribution in [0.4, 0.5) is 5.69 Å². The van der Waals surface area contributed by atoms with Gasteiger partial charge in [-0.2, -0.15) is 0 Å². The van der Waals surface area contributed by atoms with Crippen molar-refractivity contribution >= 4 is 17.6 Å². The third kappa shape index (κ3) is 3.31. The van der Waals surface area contributed by atoms with Gasteiger partial charge >= 0.3 is 5.97 Å². The molecular weight excluding hydrogens is 264 g/mol. The molecule has 0 aliphatic heterocycles. The van der Waals surface area contributed by atoms with E-state index in [0.717, 1.165) is 6.07 Å². The fourth-order valence-electron chi connectivity index (χ4n) is 1.62. The van der Waals surface area contributed by atoms with E-state index >= 15 is 0 Å². The summed E-state index contributed by atoms with van der Waals surface area (Å²) < 4.78 is 0. The number of amides is 1. The summed E-state index contributed by atoms with van der Waals surface area (Å²) in [5.41, 5.74) is -0.991. The molecule has 7 heteroatoms. The largest absolute Gasteiger partial charge is 0.480 e. The zero-order valence-electron chi connectivity index (χ0n) is 11.5. The van der Waals surface area contributed by atoms with E-state index in [1.807, 2.05) is 0 Å². The highest BCUT2D eigenvalue weighted by Crippen LogP contribution is 2.18. The zero-order chi connectivity index (χ0) is 15.5. The second-order valence-corrected chi connectivity index (χ2v) is 4.76. The predicted molar refractivity (Wildman–Crippen MR) is 71.6 cm³/mol. The molecule has 0 bridgehead atoms. The molecule has 1 amide bonds. The van der Waals surface area contributed by atoms with Crippen molar-refractivity contribution in [2.45, 2.75) is 32.7 Å². The van der Waals surface area contributed by atoms with Gasteiger partial charge in [0.1, 0.15) is 5.54 Å². The van der Waals surface area contributed by atoms with Gasteiger partial charge in [0.25, 0.3) is 11.6 Å². The van der Waals surface area contributed by atoms with E-state index in [1.54, 1.807) is 13.8 Å². The normalized spacial score (nSPS) is 13.3. The van der Waals surface area contributed by atoms with Crippen LogP contribution in [0.1, 0.15) is 36.2 Å². The Balaban J connectivity index is 3.10.